The topological polar surface area (TPSA) is 18.0 Å². The molecule has 388 valence electrons. The van der Waals surface area contributed by atoms with Gasteiger partial charge in [-0.15, -0.1) is 0 Å². The zero-order chi connectivity index (χ0) is 53.9. The van der Waals surface area contributed by atoms with Gasteiger partial charge in [0.1, 0.15) is 0 Å². The van der Waals surface area contributed by atoms with Gasteiger partial charge in [0, 0.05) is 76.6 Å². The molecule has 0 spiro atoms. The van der Waals surface area contributed by atoms with Gasteiger partial charge in [-0.2, -0.15) is 0 Å². The van der Waals surface area contributed by atoms with Crippen molar-refractivity contribution in [2.75, 3.05) is 4.90 Å². The van der Waals surface area contributed by atoms with Crippen LogP contribution in [0, 0.1) is 0 Å². The van der Waals surface area contributed by atoms with E-state index in [9.17, 15) is 0 Å². The summed E-state index contributed by atoms with van der Waals surface area (Å²) in [7, 11) is 0. The second kappa shape index (κ2) is 16.1. The second-order valence-corrected chi connectivity index (χ2v) is 24.0. The van der Waals surface area contributed by atoms with Crippen LogP contribution in [0.2, 0.25) is 0 Å². The summed E-state index contributed by atoms with van der Waals surface area (Å²) in [4.78, 5) is 2.75. The molecule has 0 amide bonds. The molecule has 4 aliphatic carbocycles. The molecule has 0 radical (unpaired) electrons. The molecule has 4 nitrogen and oxygen atoms in total. The maximum absolute atomic E-state index is 2.75. The fourth-order valence-electron chi connectivity index (χ4n) is 17.0. The van der Waals surface area contributed by atoms with Crippen LogP contribution < -0.4 is 4.90 Å². The van der Waals surface area contributed by atoms with E-state index in [1.807, 2.05) is 0 Å². The largest absolute Gasteiger partial charge is 0.332 e. The third-order valence-electron chi connectivity index (χ3n) is 20.1. The highest BCUT2D eigenvalue weighted by atomic mass is 15.2. The van der Waals surface area contributed by atoms with Crippen LogP contribution in [0.25, 0.3) is 154 Å². The molecule has 2 unspecified atom stereocenters. The smallest absolute Gasteiger partial charge is 0.0633 e. The molecule has 0 N–H and O–H groups in total. The van der Waals surface area contributed by atoms with Gasteiger partial charge in [0.2, 0.25) is 0 Å². The molecule has 0 fully saturated rings. The molecule has 0 saturated heterocycles. The maximum Gasteiger partial charge on any atom is 0.0633 e. The molecule has 4 heteroatoms. The molecular formula is C79H52N4. The van der Waals surface area contributed by atoms with Crippen LogP contribution in [0.4, 0.5) is 11.4 Å². The minimum absolute atomic E-state index is 0.147. The van der Waals surface area contributed by atoms with Gasteiger partial charge in [-0.1, -0.05) is 201 Å². The highest BCUT2D eigenvalue weighted by molar-refractivity contribution is 6.33. The Labute approximate surface area is 479 Å². The molecule has 0 saturated carbocycles. The van der Waals surface area contributed by atoms with Crippen LogP contribution in [0.15, 0.2) is 237 Å². The number of nitrogens with zero attached hydrogens (tertiary/aromatic N) is 4. The number of fused-ring (bicyclic) bond motifs is 20. The first-order chi connectivity index (χ1) is 41.2. The summed E-state index contributed by atoms with van der Waals surface area (Å²) < 4.78 is 8.01. The molecule has 0 bridgehead atoms. The minimum Gasteiger partial charge on any atom is -0.332 e. The SMILES string of the molecule is CC1CCCc2c1c(-n1c3ccccc3c3ccccc31)c1c(c2-n2c3ccccc3c3ccccc32)-c2ccc3c4c(ccc-1c24)-c1c-3c(N2c3ccccc3C3=CC=CCC32)c2ccccc2c1-n1c2ccccc2c2ccccc21. The molecule has 12 aromatic carbocycles. The first-order valence-electron chi connectivity index (χ1n) is 29.8. The van der Waals surface area contributed by atoms with Crippen molar-refractivity contribution in [3.05, 3.63) is 253 Å². The van der Waals surface area contributed by atoms with E-state index in [1.54, 1.807) is 0 Å². The summed E-state index contributed by atoms with van der Waals surface area (Å²) in [5.74, 6) is 0.320. The molecule has 5 aliphatic rings. The Morgan fingerprint density at radius 3 is 1.25 bits per heavy atom. The van der Waals surface area contributed by atoms with Crippen molar-refractivity contribution in [1.82, 2.24) is 13.7 Å². The van der Waals surface area contributed by atoms with Crippen molar-refractivity contribution >= 4 is 104 Å². The maximum atomic E-state index is 2.75. The van der Waals surface area contributed by atoms with Crippen molar-refractivity contribution in [1.29, 1.82) is 0 Å². The van der Waals surface area contributed by atoms with Crippen molar-refractivity contribution in [3.63, 3.8) is 0 Å². The average molecular weight is 1060 g/mol. The number of para-hydroxylation sites is 7. The van der Waals surface area contributed by atoms with Crippen LogP contribution in [0.3, 0.4) is 0 Å². The zero-order valence-electron chi connectivity index (χ0n) is 45.8. The van der Waals surface area contributed by atoms with E-state index in [-0.39, 0.29) is 6.04 Å². The number of allylic oxidation sites excluding steroid dienone is 2. The van der Waals surface area contributed by atoms with E-state index in [0.717, 1.165) is 25.7 Å². The van der Waals surface area contributed by atoms with E-state index in [1.165, 1.54) is 182 Å². The molecule has 4 heterocycles. The predicted octanol–water partition coefficient (Wildman–Crippen LogP) is 20.9. The van der Waals surface area contributed by atoms with Gasteiger partial charge in [-0.3, -0.25) is 0 Å². The number of hydrogen-bond donors (Lipinski definition) is 0. The van der Waals surface area contributed by atoms with Crippen LogP contribution in [0.5, 0.6) is 0 Å². The van der Waals surface area contributed by atoms with Crippen molar-refractivity contribution in [3.8, 4) is 61.6 Å². The molecular weight excluding hydrogens is 1000 g/mol. The Balaban J connectivity index is 0.987. The highest BCUT2D eigenvalue weighted by Gasteiger charge is 2.44. The summed E-state index contributed by atoms with van der Waals surface area (Å²) in [6.07, 6.45) is 11.2. The van der Waals surface area contributed by atoms with Crippen molar-refractivity contribution < 1.29 is 0 Å². The summed E-state index contributed by atoms with van der Waals surface area (Å²) in [6, 6.07) is 83.7. The quantitative estimate of drug-likeness (QED) is 0.172. The van der Waals surface area contributed by atoms with Gasteiger partial charge in [0.15, 0.2) is 0 Å². The van der Waals surface area contributed by atoms with Crippen molar-refractivity contribution in [2.45, 2.75) is 44.6 Å². The lowest BCUT2D eigenvalue weighted by molar-refractivity contribution is 0.587. The lowest BCUT2D eigenvalue weighted by Gasteiger charge is -2.33. The van der Waals surface area contributed by atoms with E-state index in [4.69, 9.17) is 0 Å². The van der Waals surface area contributed by atoms with Gasteiger partial charge in [-0.25, -0.2) is 0 Å². The van der Waals surface area contributed by atoms with E-state index in [0.29, 0.717) is 5.92 Å². The molecule has 3 aromatic heterocycles. The lowest BCUT2D eigenvalue weighted by Crippen LogP contribution is -2.28. The third-order valence-corrected chi connectivity index (χ3v) is 20.1. The Morgan fingerprint density at radius 1 is 0.361 bits per heavy atom. The first-order valence-corrected chi connectivity index (χ1v) is 29.8. The van der Waals surface area contributed by atoms with Gasteiger partial charge in [0.25, 0.3) is 0 Å². The Bertz CT molecular complexity index is 5400. The third kappa shape index (κ3) is 5.48. The molecule has 2 atom stereocenters. The van der Waals surface area contributed by atoms with Crippen LogP contribution in [-0.2, 0) is 6.42 Å². The number of rotatable bonds is 4. The molecule has 83 heavy (non-hydrogen) atoms. The summed E-state index contributed by atoms with van der Waals surface area (Å²) in [5, 5.41) is 12.9. The summed E-state index contributed by atoms with van der Waals surface area (Å²) in [6.45, 7) is 2.52. The normalized spacial score (nSPS) is 16.3. The lowest BCUT2D eigenvalue weighted by atomic mass is 9.78. The summed E-state index contributed by atoms with van der Waals surface area (Å²) in [5.41, 5.74) is 30.2. The van der Waals surface area contributed by atoms with E-state index in [2.05, 4.69) is 262 Å². The fourth-order valence-corrected chi connectivity index (χ4v) is 17.0. The van der Waals surface area contributed by atoms with Crippen LogP contribution in [0.1, 0.15) is 48.8 Å². The van der Waals surface area contributed by atoms with E-state index < -0.39 is 0 Å². The van der Waals surface area contributed by atoms with Crippen LogP contribution >= 0.6 is 0 Å². The number of aromatic nitrogens is 3. The number of hydrogen-bond acceptors (Lipinski definition) is 1. The molecule has 15 aromatic rings. The molecule has 20 rings (SSSR count). The second-order valence-electron chi connectivity index (χ2n) is 24.0. The highest BCUT2D eigenvalue weighted by Crippen LogP contribution is 2.66. The van der Waals surface area contributed by atoms with Gasteiger partial charge < -0.3 is 18.6 Å². The van der Waals surface area contributed by atoms with Gasteiger partial charge >= 0.3 is 0 Å². The minimum atomic E-state index is 0.147. The number of anilines is 2. The average Bonchev–Trinajstić information content (AvgIpc) is 1.62. The van der Waals surface area contributed by atoms with Gasteiger partial charge in [-0.05, 0) is 124 Å². The zero-order valence-corrected chi connectivity index (χ0v) is 45.8. The Hall–Kier alpha value is -10.2. The monoisotopic (exact) mass is 1060 g/mol. The van der Waals surface area contributed by atoms with Gasteiger partial charge in [0.05, 0.1) is 61.9 Å². The summed E-state index contributed by atoms with van der Waals surface area (Å²) >= 11 is 0. The number of benzene rings is 12. The predicted molar refractivity (Wildman–Crippen MR) is 349 cm³/mol. The first kappa shape index (κ1) is 44.6. The van der Waals surface area contributed by atoms with Crippen molar-refractivity contribution in [2.24, 2.45) is 0 Å². The Kier molecular flexibility index (Phi) is 8.62. The molecule has 1 aliphatic heterocycles. The van der Waals surface area contributed by atoms with Crippen LogP contribution in [-0.4, -0.2) is 19.7 Å². The standard InChI is InChI=1S/C79H52N4/c1-45-21-20-32-60-69(45)79(83-67-39-18-10-28-52(67)53-29-11-19-40-68(53)83)75-59-44-43-57-70-56(41-42-58(71(59)70)74(75)78(60)82-65-37-16-8-26-50(65)51-27-9-17-38-66(51)82)72-73(57)77(81-63-35-14-6-24-48(63)49-25-7-15-36-64(49)81)55-31-3-2-30-54(55)76(72)80-61-33-12-4-22-46(61)47-23-5-13-34-62(47)80/h2-19,22-31,33,35-45,62H,20-21,32,34H2,1H3. The Morgan fingerprint density at radius 2 is 0.747 bits per heavy atom. The fraction of sp³-hybridized carbons (Fsp3) is 0.0886. The van der Waals surface area contributed by atoms with E-state index >= 15 is 0 Å².